The normalized spacial score (nSPS) is 15.3. The molecule has 2 aromatic heterocycles. The minimum Gasteiger partial charge on any atom is -0.279 e. The molecule has 1 saturated carbocycles. The first-order chi connectivity index (χ1) is 12.9. The Kier molecular flexibility index (Phi) is 4.82. The van der Waals surface area contributed by atoms with Gasteiger partial charge in [0.1, 0.15) is 10.6 Å². The van der Waals surface area contributed by atoms with E-state index in [0.29, 0.717) is 11.4 Å². The van der Waals surface area contributed by atoms with Gasteiger partial charge in [-0.1, -0.05) is 36.6 Å². The minimum atomic E-state index is -3.74. The third-order valence-corrected chi connectivity index (χ3v) is 7.31. The fraction of sp³-hybridized carbons (Fsp3) is 0.350. The highest BCUT2D eigenvalue weighted by molar-refractivity contribution is 7.92. The van der Waals surface area contributed by atoms with E-state index in [1.807, 2.05) is 54.2 Å². The molecular formula is C20H23N3O2S2. The monoisotopic (exact) mass is 401 g/mol. The van der Waals surface area contributed by atoms with E-state index in [-0.39, 0.29) is 10.9 Å². The topological polar surface area (TPSA) is 64.0 Å². The molecule has 1 fully saturated rings. The summed E-state index contributed by atoms with van der Waals surface area (Å²) in [5, 5.41) is 6.63. The van der Waals surface area contributed by atoms with E-state index in [1.54, 1.807) is 6.20 Å². The first-order valence-corrected chi connectivity index (χ1v) is 11.5. The number of aryl methyl sites for hydroxylation is 2. The molecular weight excluding hydrogens is 378 g/mol. The van der Waals surface area contributed by atoms with Crippen molar-refractivity contribution in [2.24, 2.45) is 0 Å². The molecule has 7 heteroatoms. The number of aromatic nitrogens is 2. The van der Waals surface area contributed by atoms with Crippen LogP contribution in [0, 0.1) is 13.8 Å². The molecule has 1 aliphatic carbocycles. The second-order valence-corrected chi connectivity index (χ2v) is 9.76. The van der Waals surface area contributed by atoms with Crippen molar-refractivity contribution < 1.29 is 8.42 Å². The van der Waals surface area contributed by atoms with Crippen molar-refractivity contribution in [3.8, 4) is 10.6 Å². The quantitative estimate of drug-likeness (QED) is 0.643. The highest BCUT2D eigenvalue weighted by Crippen LogP contribution is 2.35. The molecule has 3 aromatic rings. The van der Waals surface area contributed by atoms with Crippen molar-refractivity contribution in [1.82, 2.24) is 9.78 Å². The zero-order chi connectivity index (χ0) is 19.0. The molecule has 0 spiro atoms. The number of nitrogens with zero attached hydrogens (tertiary/aromatic N) is 2. The number of nitrogens with one attached hydrogen (secondary N) is 1. The number of hydrogen-bond donors (Lipinski definition) is 1. The zero-order valence-corrected chi connectivity index (χ0v) is 17.1. The predicted octanol–water partition coefficient (Wildman–Crippen LogP) is 5.14. The Labute approximate surface area is 164 Å². The molecule has 0 unspecified atom stereocenters. The first kappa shape index (κ1) is 18.3. The lowest BCUT2D eigenvalue weighted by atomic mass is 10.1. The summed E-state index contributed by atoms with van der Waals surface area (Å²) in [4.78, 5) is 1.12. The summed E-state index contributed by atoms with van der Waals surface area (Å²) in [5.41, 5.74) is 3.14. The summed E-state index contributed by atoms with van der Waals surface area (Å²) in [6, 6.07) is 9.82. The lowest BCUT2D eigenvalue weighted by Crippen LogP contribution is -2.14. The predicted molar refractivity (Wildman–Crippen MR) is 110 cm³/mol. The van der Waals surface area contributed by atoms with Crippen LogP contribution in [0.1, 0.15) is 42.9 Å². The van der Waals surface area contributed by atoms with Crippen LogP contribution >= 0.6 is 11.3 Å². The second kappa shape index (κ2) is 7.13. The van der Waals surface area contributed by atoms with E-state index in [9.17, 15) is 8.42 Å². The van der Waals surface area contributed by atoms with Crippen molar-refractivity contribution in [2.45, 2.75) is 50.5 Å². The summed E-state index contributed by atoms with van der Waals surface area (Å²) >= 11 is 1.51. The number of thiophene rings is 1. The lowest BCUT2D eigenvalue weighted by Gasteiger charge is -2.11. The van der Waals surface area contributed by atoms with Gasteiger partial charge in [-0.15, -0.1) is 11.3 Å². The summed E-state index contributed by atoms with van der Waals surface area (Å²) in [6.45, 7) is 3.90. The largest absolute Gasteiger partial charge is 0.279 e. The number of benzene rings is 1. The standard InChI is InChI=1S/C20H23N3O2S2/c1-14-9-10-17(15(2)12-14)22-27(24,25)19-13-23(16-6-3-4-7-16)21-20(19)18-8-5-11-26-18/h5,8-13,16,22H,3-4,6-7H2,1-2H3. The van der Waals surface area contributed by atoms with Gasteiger partial charge in [-0.2, -0.15) is 5.10 Å². The number of rotatable bonds is 5. The molecule has 142 valence electrons. The highest BCUT2D eigenvalue weighted by atomic mass is 32.2. The average molecular weight is 402 g/mol. The van der Waals surface area contributed by atoms with Crippen molar-refractivity contribution in [2.75, 3.05) is 4.72 Å². The minimum absolute atomic E-state index is 0.247. The van der Waals surface area contributed by atoms with Crippen LogP contribution in [0.15, 0.2) is 46.8 Å². The van der Waals surface area contributed by atoms with Crippen LogP contribution < -0.4 is 4.72 Å². The van der Waals surface area contributed by atoms with Gasteiger partial charge in [-0.3, -0.25) is 9.40 Å². The third-order valence-electron chi connectivity index (χ3n) is 5.07. The Bertz CT molecular complexity index is 1050. The first-order valence-electron chi connectivity index (χ1n) is 9.17. The Hall–Kier alpha value is -2.12. The van der Waals surface area contributed by atoms with Gasteiger partial charge in [0.25, 0.3) is 10.0 Å². The van der Waals surface area contributed by atoms with Crippen LogP contribution in [0.3, 0.4) is 0 Å². The van der Waals surface area contributed by atoms with Crippen LogP contribution in [0.25, 0.3) is 10.6 Å². The molecule has 0 aliphatic heterocycles. The van der Waals surface area contributed by atoms with Gasteiger partial charge in [0.2, 0.25) is 0 Å². The van der Waals surface area contributed by atoms with Crippen LogP contribution in [-0.2, 0) is 10.0 Å². The molecule has 1 aromatic carbocycles. The lowest BCUT2D eigenvalue weighted by molar-refractivity contribution is 0.467. The van der Waals surface area contributed by atoms with E-state index >= 15 is 0 Å². The van der Waals surface area contributed by atoms with E-state index in [2.05, 4.69) is 9.82 Å². The van der Waals surface area contributed by atoms with Gasteiger partial charge in [0, 0.05) is 6.20 Å². The molecule has 0 amide bonds. The summed E-state index contributed by atoms with van der Waals surface area (Å²) in [5.74, 6) is 0. The van der Waals surface area contributed by atoms with Crippen LogP contribution in [0.2, 0.25) is 0 Å². The fourth-order valence-corrected chi connectivity index (χ4v) is 5.71. The van der Waals surface area contributed by atoms with Crippen molar-refractivity contribution in [1.29, 1.82) is 0 Å². The third kappa shape index (κ3) is 3.66. The summed E-state index contributed by atoms with van der Waals surface area (Å²) in [6.07, 6.45) is 6.14. The van der Waals surface area contributed by atoms with Gasteiger partial charge in [-0.05, 0) is 49.8 Å². The van der Waals surface area contributed by atoms with E-state index in [4.69, 9.17) is 0 Å². The maximum Gasteiger partial charge on any atom is 0.265 e. The van der Waals surface area contributed by atoms with Crippen molar-refractivity contribution in [3.63, 3.8) is 0 Å². The smallest absolute Gasteiger partial charge is 0.265 e. The molecule has 1 aliphatic rings. The number of sulfonamides is 1. The average Bonchev–Trinajstić information content (AvgIpc) is 3.37. The van der Waals surface area contributed by atoms with Crippen molar-refractivity contribution >= 4 is 27.0 Å². The molecule has 1 N–H and O–H groups in total. The molecule has 4 rings (SSSR count). The molecule has 2 heterocycles. The summed E-state index contributed by atoms with van der Waals surface area (Å²) in [7, 11) is -3.74. The van der Waals surface area contributed by atoms with Crippen LogP contribution in [-0.4, -0.2) is 18.2 Å². The number of hydrogen-bond acceptors (Lipinski definition) is 4. The highest BCUT2D eigenvalue weighted by Gasteiger charge is 2.28. The molecule has 0 saturated heterocycles. The second-order valence-electron chi connectivity index (χ2n) is 7.16. The van der Waals surface area contributed by atoms with E-state index < -0.39 is 10.0 Å². The Balaban J connectivity index is 1.76. The summed E-state index contributed by atoms with van der Waals surface area (Å²) < 4.78 is 31.1. The Morgan fingerprint density at radius 2 is 1.96 bits per heavy atom. The van der Waals surface area contributed by atoms with Gasteiger partial charge in [0.15, 0.2) is 0 Å². The molecule has 0 radical (unpaired) electrons. The van der Waals surface area contributed by atoms with E-state index in [0.717, 1.165) is 28.8 Å². The van der Waals surface area contributed by atoms with Gasteiger partial charge in [0.05, 0.1) is 16.6 Å². The fourth-order valence-electron chi connectivity index (χ4n) is 3.64. The van der Waals surface area contributed by atoms with Crippen LogP contribution in [0.5, 0.6) is 0 Å². The molecule has 27 heavy (non-hydrogen) atoms. The van der Waals surface area contributed by atoms with Crippen LogP contribution in [0.4, 0.5) is 5.69 Å². The van der Waals surface area contributed by atoms with Gasteiger partial charge >= 0.3 is 0 Å². The maximum absolute atomic E-state index is 13.2. The van der Waals surface area contributed by atoms with Crippen molar-refractivity contribution in [3.05, 3.63) is 53.0 Å². The zero-order valence-electron chi connectivity index (χ0n) is 15.5. The molecule has 0 bridgehead atoms. The SMILES string of the molecule is Cc1ccc(NS(=O)(=O)c2cn(C3CCCC3)nc2-c2cccs2)c(C)c1. The Morgan fingerprint density at radius 1 is 1.19 bits per heavy atom. The molecule has 5 nitrogen and oxygen atoms in total. The van der Waals surface area contributed by atoms with Gasteiger partial charge < -0.3 is 0 Å². The Morgan fingerprint density at radius 3 is 2.63 bits per heavy atom. The van der Waals surface area contributed by atoms with E-state index in [1.165, 1.54) is 24.2 Å². The number of anilines is 1. The maximum atomic E-state index is 13.2. The van der Waals surface area contributed by atoms with Gasteiger partial charge in [-0.25, -0.2) is 8.42 Å². The molecule has 0 atom stereocenters.